The van der Waals surface area contributed by atoms with Gasteiger partial charge in [-0.25, -0.2) is 0 Å². The predicted octanol–water partition coefficient (Wildman–Crippen LogP) is 2.93. The standard InChI is InChI=1S/C20H20N2O3/c23-19-12-22(18-8-4-3-7-17(18)21-19)20(24)13-25-16-10-9-14-5-1-2-6-15(14)11-16/h3-4,7-11H,1-2,5-6,12-13H2,(H,21,23). The summed E-state index contributed by atoms with van der Waals surface area (Å²) in [7, 11) is 0. The van der Waals surface area contributed by atoms with Gasteiger partial charge in [-0.1, -0.05) is 18.2 Å². The second-order valence-corrected chi connectivity index (χ2v) is 6.47. The molecular formula is C20H20N2O3. The molecule has 0 atom stereocenters. The zero-order chi connectivity index (χ0) is 17.2. The summed E-state index contributed by atoms with van der Waals surface area (Å²) in [6.45, 7) is -0.0657. The number of hydrogen-bond acceptors (Lipinski definition) is 3. The SMILES string of the molecule is O=C1CN(C(=O)COc2ccc3c(c2)CCCC3)c2ccccc2N1. The Hall–Kier alpha value is -2.82. The molecule has 1 N–H and O–H groups in total. The summed E-state index contributed by atoms with van der Waals surface area (Å²) in [6, 6.07) is 13.4. The van der Waals surface area contributed by atoms with Crippen LogP contribution in [0.3, 0.4) is 0 Å². The van der Waals surface area contributed by atoms with Crippen LogP contribution in [-0.4, -0.2) is 25.0 Å². The summed E-state index contributed by atoms with van der Waals surface area (Å²) >= 11 is 0. The summed E-state index contributed by atoms with van der Waals surface area (Å²) in [5, 5.41) is 2.78. The van der Waals surface area contributed by atoms with E-state index in [1.807, 2.05) is 30.3 Å². The van der Waals surface area contributed by atoms with E-state index in [1.165, 1.54) is 28.9 Å². The average Bonchev–Trinajstić information content (AvgIpc) is 2.65. The molecule has 2 aliphatic rings. The van der Waals surface area contributed by atoms with Crippen LogP contribution in [0.4, 0.5) is 11.4 Å². The molecule has 5 heteroatoms. The van der Waals surface area contributed by atoms with E-state index in [0.29, 0.717) is 17.1 Å². The van der Waals surface area contributed by atoms with Crippen LogP contribution >= 0.6 is 0 Å². The Morgan fingerprint density at radius 1 is 1.08 bits per heavy atom. The minimum absolute atomic E-state index is 0.0173. The molecule has 1 heterocycles. The van der Waals surface area contributed by atoms with Gasteiger partial charge in [0, 0.05) is 0 Å². The molecule has 4 rings (SSSR count). The number of carbonyl (C=O) groups is 2. The molecule has 0 bridgehead atoms. The van der Waals surface area contributed by atoms with E-state index >= 15 is 0 Å². The normalized spacial score (nSPS) is 15.8. The summed E-state index contributed by atoms with van der Waals surface area (Å²) < 4.78 is 5.71. The van der Waals surface area contributed by atoms with Gasteiger partial charge < -0.3 is 10.1 Å². The lowest BCUT2D eigenvalue weighted by molar-refractivity contribution is -0.123. The Kier molecular flexibility index (Phi) is 4.14. The van der Waals surface area contributed by atoms with Gasteiger partial charge in [-0.3, -0.25) is 14.5 Å². The van der Waals surface area contributed by atoms with E-state index < -0.39 is 0 Å². The third-order valence-electron chi connectivity index (χ3n) is 4.75. The number of nitrogens with one attached hydrogen (secondary N) is 1. The smallest absolute Gasteiger partial charge is 0.265 e. The Balaban J connectivity index is 1.47. The highest BCUT2D eigenvalue weighted by Gasteiger charge is 2.26. The maximum atomic E-state index is 12.6. The van der Waals surface area contributed by atoms with Crippen LogP contribution in [0.15, 0.2) is 42.5 Å². The first-order valence-electron chi connectivity index (χ1n) is 8.64. The number of anilines is 2. The number of amides is 2. The first kappa shape index (κ1) is 15.7. The Morgan fingerprint density at radius 3 is 2.76 bits per heavy atom. The molecular weight excluding hydrogens is 316 g/mol. The zero-order valence-electron chi connectivity index (χ0n) is 14.0. The highest BCUT2D eigenvalue weighted by Crippen LogP contribution is 2.29. The number of carbonyl (C=O) groups excluding carboxylic acids is 2. The van der Waals surface area contributed by atoms with E-state index in [1.54, 1.807) is 6.07 Å². The first-order valence-corrected chi connectivity index (χ1v) is 8.64. The van der Waals surface area contributed by atoms with Crippen molar-refractivity contribution in [1.29, 1.82) is 0 Å². The third kappa shape index (κ3) is 3.22. The molecule has 2 aromatic rings. The summed E-state index contributed by atoms with van der Waals surface area (Å²) in [5.41, 5.74) is 4.06. The van der Waals surface area contributed by atoms with E-state index in [0.717, 1.165) is 12.8 Å². The van der Waals surface area contributed by atoms with Crippen molar-refractivity contribution < 1.29 is 14.3 Å². The van der Waals surface area contributed by atoms with Gasteiger partial charge in [-0.2, -0.15) is 0 Å². The molecule has 0 saturated heterocycles. The second-order valence-electron chi connectivity index (χ2n) is 6.47. The van der Waals surface area contributed by atoms with Crippen LogP contribution in [0.2, 0.25) is 0 Å². The van der Waals surface area contributed by atoms with E-state index in [4.69, 9.17) is 4.74 Å². The molecule has 1 aliphatic heterocycles. The fourth-order valence-corrected chi connectivity index (χ4v) is 3.48. The lowest BCUT2D eigenvalue weighted by Crippen LogP contribution is -2.44. The van der Waals surface area contributed by atoms with Gasteiger partial charge in [0.05, 0.1) is 11.4 Å². The van der Waals surface area contributed by atoms with Crippen LogP contribution in [0.5, 0.6) is 5.75 Å². The monoisotopic (exact) mass is 336 g/mol. The molecule has 2 aromatic carbocycles. The summed E-state index contributed by atoms with van der Waals surface area (Å²) in [4.78, 5) is 25.9. The van der Waals surface area contributed by atoms with Crippen molar-refractivity contribution in [3.8, 4) is 5.75 Å². The Labute approximate surface area is 146 Å². The van der Waals surface area contributed by atoms with Gasteiger partial charge in [-0.05, 0) is 61.1 Å². The van der Waals surface area contributed by atoms with Crippen LogP contribution in [0.1, 0.15) is 24.0 Å². The van der Waals surface area contributed by atoms with E-state index in [9.17, 15) is 9.59 Å². The lowest BCUT2D eigenvalue weighted by atomic mass is 9.92. The first-order chi connectivity index (χ1) is 12.2. The van der Waals surface area contributed by atoms with Gasteiger partial charge >= 0.3 is 0 Å². The topological polar surface area (TPSA) is 58.6 Å². The molecule has 0 fully saturated rings. The van der Waals surface area contributed by atoms with Crippen molar-refractivity contribution in [2.24, 2.45) is 0 Å². The van der Waals surface area contributed by atoms with Crippen LogP contribution < -0.4 is 15.0 Å². The van der Waals surface area contributed by atoms with E-state index in [-0.39, 0.29) is 25.0 Å². The fourth-order valence-electron chi connectivity index (χ4n) is 3.48. The highest BCUT2D eigenvalue weighted by molar-refractivity contribution is 6.10. The minimum Gasteiger partial charge on any atom is -0.484 e. The third-order valence-corrected chi connectivity index (χ3v) is 4.75. The van der Waals surface area contributed by atoms with Crippen molar-refractivity contribution in [3.63, 3.8) is 0 Å². The van der Waals surface area contributed by atoms with Gasteiger partial charge in [-0.15, -0.1) is 0 Å². The quantitative estimate of drug-likeness (QED) is 0.937. The molecule has 0 unspecified atom stereocenters. The lowest BCUT2D eigenvalue weighted by Gasteiger charge is -2.29. The van der Waals surface area contributed by atoms with Crippen molar-refractivity contribution in [2.45, 2.75) is 25.7 Å². The highest BCUT2D eigenvalue weighted by atomic mass is 16.5. The molecule has 0 radical (unpaired) electrons. The minimum atomic E-state index is -0.222. The molecule has 0 aromatic heterocycles. The zero-order valence-corrected chi connectivity index (χ0v) is 14.0. The van der Waals surface area contributed by atoms with Gasteiger partial charge in [0.25, 0.3) is 5.91 Å². The average molecular weight is 336 g/mol. The molecule has 128 valence electrons. The number of para-hydroxylation sites is 2. The largest absolute Gasteiger partial charge is 0.484 e. The number of nitrogens with zero attached hydrogens (tertiary/aromatic N) is 1. The van der Waals surface area contributed by atoms with Crippen molar-refractivity contribution in [2.75, 3.05) is 23.4 Å². The van der Waals surface area contributed by atoms with Crippen molar-refractivity contribution in [1.82, 2.24) is 0 Å². The molecule has 2 amide bonds. The van der Waals surface area contributed by atoms with Crippen LogP contribution in [0.25, 0.3) is 0 Å². The van der Waals surface area contributed by atoms with Crippen molar-refractivity contribution in [3.05, 3.63) is 53.6 Å². The fraction of sp³-hybridized carbons (Fsp3) is 0.300. The Bertz CT molecular complexity index is 831. The molecule has 0 spiro atoms. The number of ether oxygens (including phenoxy) is 1. The maximum absolute atomic E-state index is 12.6. The van der Waals surface area contributed by atoms with Crippen LogP contribution in [0, 0.1) is 0 Å². The number of aryl methyl sites for hydroxylation is 2. The van der Waals surface area contributed by atoms with Gasteiger partial charge in [0.15, 0.2) is 6.61 Å². The molecule has 25 heavy (non-hydrogen) atoms. The molecule has 1 aliphatic carbocycles. The molecule has 5 nitrogen and oxygen atoms in total. The van der Waals surface area contributed by atoms with Crippen LogP contribution in [-0.2, 0) is 22.4 Å². The maximum Gasteiger partial charge on any atom is 0.265 e. The summed E-state index contributed by atoms with van der Waals surface area (Å²) in [6.07, 6.45) is 4.63. The number of hydrogen-bond donors (Lipinski definition) is 1. The second kappa shape index (κ2) is 6.59. The predicted molar refractivity (Wildman–Crippen MR) is 96.0 cm³/mol. The van der Waals surface area contributed by atoms with Gasteiger partial charge in [0.1, 0.15) is 12.3 Å². The number of benzene rings is 2. The Morgan fingerprint density at radius 2 is 1.88 bits per heavy atom. The van der Waals surface area contributed by atoms with Crippen molar-refractivity contribution >= 4 is 23.2 Å². The number of fused-ring (bicyclic) bond motifs is 2. The van der Waals surface area contributed by atoms with E-state index in [2.05, 4.69) is 11.4 Å². The molecule has 0 saturated carbocycles. The number of rotatable bonds is 3. The van der Waals surface area contributed by atoms with Gasteiger partial charge in [0.2, 0.25) is 5.91 Å². The summed E-state index contributed by atoms with van der Waals surface area (Å²) in [5.74, 6) is 0.296.